The van der Waals surface area contributed by atoms with Crippen molar-refractivity contribution in [3.8, 4) is 0 Å². The largest absolute Gasteiger partial charge is 0.369 e. The topological polar surface area (TPSA) is 43.1 Å². The molecule has 0 radical (unpaired) electrons. The van der Waals surface area contributed by atoms with Gasteiger partial charge in [-0.2, -0.15) is 0 Å². The highest BCUT2D eigenvalue weighted by Gasteiger charge is 2.32. The normalized spacial score (nSPS) is 26.3. The van der Waals surface area contributed by atoms with E-state index < -0.39 is 0 Å². The van der Waals surface area contributed by atoms with E-state index >= 15 is 0 Å². The third kappa shape index (κ3) is 1.65. The van der Waals surface area contributed by atoms with Gasteiger partial charge in [-0.15, -0.1) is 0 Å². The standard InChI is InChI=1S/C12H15NO/c13-12(14)11-8-4-7-10(11)9-5-2-1-3-6-9/h1-3,5-6,10-11H,4,7-8H2,(H2,13,14)/t10-,11+/m0/s1. The van der Waals surface area contributed by atoms with Crippen molar-refractivity contribution in [2.24, 2.45) is 11.7 Å². The maximum Gasteiger partial charge on any atom is 0.221 e. The molecule has 1 saturated carbocycles. The summed E-state index contributed by atoms with van der Waals surface area (Å²) >= 11 is 0. The zero-order valence-corrected chi connectivity index (χ0v) is 8.15. The number of nitrogens with two attached hydrogens (primary N) is 1. The lowest BCUT2D eigenvalue weighted by atomic mass is 9.88. The van der Waals surface area contributed by atoms with Gasteiger partial charge in [0.25, 0.3) is 0 Å². The number of benzene rings is 1. The van der Waals surface area contributed by atoms with E-state index in [1.807, 2.05) is 18.2 Å². The van der Waals surface area contributed by atoms with Crippen molar-refractivity contribution >= 4 is 5.91 Å². The second-order valence-corrected chi connectivity index (χ2v) is 3.96. The molecule has 0 heterocycles. The SMILES string of the molecule is NC(=O)[C@@H]1CCC[C@H]1c1ccccc1. The van der Waals surface area contributed by atoms with E-state index in [0.717, 1.165) is 19.3 Å². The summed E-state index contributed by atoms with van der Waals surface area (Å²) in [4.78, 5) is 11.2. The van der Waals surface area contributed by atoms with Gasteiger partial charge in [0.15, 0.2) is 0 Å². The monoisotopic (exact) mass is 189 g/mol. The van der Waals surface area contributed by atoms with Crippen LogP contribution in [0.2, 0.25) is 0 Å². The van der Waals surface area contributed by atoms with E-state index in [1.54, 1.807) is 0 Å². The van der Waals surface area contributed by atoms with Crippen molar-refractivity contribution in [1.29, 1.82) is 0 Å². The molecule has 74 valence electrons. The highest BCUT2D eigenvalue weighted by Crippen LogP contribution is 2.39. The van der Waals surface area contributed by atoms with E-state index in [4.69, 9.17) is 5.73 Å². The molecular formula is C12H15NO. The predicted octanol–water partition coefficient (Wildman–Crippen LogP) is 2.06. The van der Waals surface area contributed by atoms with Gasteiger partial charge in [-0.25, -0.2) is 0 Å². The van der Waals surface area contributed by atoms with Crippen LogP contribution >= 0.6 is 0 Å². The van der Waals surface area contributed by atoms with Gasteiger partial charge < -0.3 is 5.73 Å². The molecule has 0 unspecified atom stereocenters. The van der Waals surface area contributed by atoms with Gasteiger partial charge in [0.2, 0.25) is 5.91 Å². The van der Waals surface area contributed by atoms with Crippen LogP contribution in [0.4, 0.5) is 0 Å². The summed E-state index contributed by atoms with van der Waals surface area (Å²) in [5.41, 5.74) is 6.64. The Morgan fingerprint density at radius 2 is 1.93 bits per heavy atom. The molecule has 14 heavy (non-hydrogen) atoms. The molecular weight excluding hydrogens is 174 g/mol. The third-order valence-corrected chi connectivity index (χ3v) is 3.11. The number of carbonyl (C=O) groups is 1. The maximum atomic E-state index is 11.2. The molecule has 2 nitrogen and oxygen atoms in total. The molecule has 0 saturated heterocycles. The molecule has 0 bridgehead atoms. The molecule has 2 rings (SSSR count). The number of hydrogen-bond acceptors (Lipinski definition) is 1. The van der Waals surface area contributed by atoms with Gasteiger partial charge in [-0.05, 0) is 24.3 Å². The van der Waals surface area contributed by atoms with Crippen LogP contribution in [0.3, 0.4) is 0 Å². The van der Waals surface area contributed by atoms with Gasteiger partial charge in [-0.3, -0.25) is 4.79 Å². The predicted molar refractivity (Wildman–Crippen MR) is 55.7 cm³/mol. The molecule has 1 aromatic rings. The minimum Gasteiger partial charge on any atom is -0.369 e. The minimum atomic E-state index is -0.142. The quantitative estimate of drug-likeness (QED) is 0.760. The smallest absolute Gasteiger partial charge is 0.221 e. The molecule has 0 spiro atoms. The van der Waals surface area contributed by atoms with Gasteiger partial charge >= 0.3 is 0 Å². The first-order valence-electron chi connectivity index (χ1n) is 5.13. The highest BCUT2D eigenvalue weighted by atomic mass is 16.1. The second-order valence-electron chi connectivity index (χ2n) is 3.96. The molecule has 2 atom stereocenters. The fraction of sp³-hybridized carbons (Fsp3) is 0.417. The third-order valence-electron chi connectivity index (χ3n) is 3.11. The Bertz CT molecular complexity index is 320. The van der Waals surface area contributed by atoms with Crippen LogP contribution in [0.25, 0.3) is 0 Å². The molecule has 2 N–H and O–H groups in total. The second kappa shape index (κ2) is 3.82. The van der Waals surface area contributed by atoms with E-state index in [9.17, 15) is 4.79 Å². The number of rotatable bonds is 2. The summed E-state index contributed by atoms with van der Waals surface area (Å²) in [5, 5.41) is 0. The lowest BCUT2D eigenvalue weighted by Crippen LogP contribution is -2.25. The number of carbonyl (C=O) groups excluding carboxylic acids is 1. The molecule has 1 aliphatic rings. The summed E-state index contributed by atoms with van der Waals surface area (Å²) in [6, 6.07) is 10.2. The van der Waals surface area contributed by atoms with E-state index in [-0.39, 0.29) is 11.8 Å². The first-order valence-corrected chi connectivity index (χ1v) is 5.13. The Labute approximate surface area is 84.1 Å². The van der Waals surface area contributed by atoms with Crippen LogP contribution in [0.15, 0.2) is 30.3 Å². The summed E-state index contributed by atoms with van der Waals surface area (Å²) < 4.78 is 0. The number of primary amides is 1. The molecule has 1 fully saturated rings. The van der Waals surface area contributed by atoms with Gasteiger partial charge in [0.05, 0.1) is 0 Å². The van der Waals surface area contributed by atoms with E-state index in [1.165, 1.54) is 5.56 Å². The minimum absolute atomic E-state index is 0.0531. The van der Waals surface area contributed by atoms with Crippen LogP contribution in [0.1, 0.15) is 30.7 Å². The highest BCUT2D eigenvalue weighted by molar-refractivity contribution is 5.78. The first kappa shape index (κ1) is 9.25. The number of hydrogen-bond donors (Lipinski definition) is 1. The summed E-state index contributed by atoms with van der Waals surface area (Å²) in [5.74, 6) is 0.266. The van der Waals surface area contributed by atoms with Crippen molar-refractivity contribution in [2.45, 2.75) is 25.2 Å². The zero-order chi connectivity index (χ0) is 9.97. The summed E-state index contributed by atoms with van der Waals surface area (Å²) in [6.45, 7) is 0. The van der Waals surface area contributed by atoms with Crippen LogP contribution in [-0.2, 0) is 4.79 Å². The fourth-order valence-corrected chi connectivity index (χ4v) is 2.40. The molecule has 1 aliphatic carbocycles. The Morgan fingerprint density at radius 3 is 2.57 bits per heavy atom. The van der Waals surface area contributed by atoms with Gasteiger partial charge in [0.1, 0.15) is 0 Å². The van der Waals surface area contributed by atoms with Crippen LogP contribution in [0, 0.1) is 5.92 Å². The molecule has 0 aliphatic heterocycles. The van der Waals surface area contributed by atoms with E-state index in [2.05, 4.69) is 12.1 Å². The van der Waals surface area contributed by atoms with Gasteiger partial charge in [0, 0.05) is 5.92 Å². The zero-order valence-electron chi connectivity index (χ0n) is 8.15. The lowest BCUT2D eigenvalue weighted by Gasteiger charge is -2.16. The Morgan fingerprint density at radius 1 is 1.21 bits per heavy atom. The summed E-state index contributed by atoms with van der Waals surface area (Å²) in [6.07, 6.45) is 3.17. The molecule has 1 amide bonds. The summed E-state index contributed by atoms with van der Waals surface area (Å²) in [7, 11) is 0. The maximum absolute atomic E-state index is 11.2. The fourth-order valence-electron chi connectivity index (χ4n) is 2.40. The Hall–Kier alpha value is -1.31. The van der Waals surface area contributed by atoms with Crippen LogP contribution < -0.4 is 5.73 Å². The van der Waals surface area contributed by atoms with E-state index in [0.29, 0.717) is 5.92 Å². The average Bonchev–Trinajstić information content (AvgIpc) is 2.67. The lowest BCUT2D eigenvalue weighted by molar-refractivity contribution is -0.122. The van der Waals surface area contributed by atoms with Crippen molar-refractivity contribution in [1.82, 2.24) is 0 Å². The van der Waals surface area contributed by atoms with Crippen molar-refractivity contribution in [2.75, 3.05) is 0 Å². The Kier molecular flexibility index (Phi) is 2.53. The van der Waals surface area contributed by atoms with Crippen LogP contribution in [-0.4, -0.2) is 5.91 Å². The average molecular weight is 189 g/mol. The molecule has 1 aromatic carbocycles. The van der Waals surface area contributed by atoms with Crippen molar-refractivity contribution in [3.63, 3.8) is 0 Å². The van der Waals surface area contributed by atoms with Crippen molar-refractivity contribution in [3.05, 3.63) is 35.9 Å². The van der Waals surface area contributed by atoms with Crippen LogP contribution in [0.5, 0.6) is 0 Å². The molecule has 0 aromatic heterocycles. The van der Waals surface area contributed by atoms with Gasteiger partial charge in [-0.1, -0.05) is 36.8 Å². The molecule has 2 heteroatoms. The Balaban J connectivity index is 2.22. The first-order chi connectivity index (χ1) is 6.79. The number of amides is 1. The van der Waals surface area contributed by atoms with Crippen molar-refractivity contribution < 1.29 is 4.79 Å².